The predicted molar refractivity (Wildman–Crippen MR) is 137 cm³/mol. The Morgan fingerprint density at radius 1 is 0.743 bits per heavy atom. The minimum Gasteiger partial charge on any atom is -0.497 e. The van der Waals surface area contributed by atoms with E-state index in [1.165, 1.54) is 11.8 Å². The van der Waals surface area contributed by atoms with Crippen LogP contribution >= 0.6 is 11.8 Å². The summed E-state index contributed by atoms with van der Waals surface area (Å²) in [5.41, 5.74) is 2.97. The Hall–Kier alpha value is -3.29. The first-order valence-electron chi connectivity index (χ1n) is 11.7. The van der Waals surface area contributed by atoms with E-state index in [2.05, 4.69) is 0 Å². The first kappa shape index (κ1) is 24.8. The van der Waals surface area contributed by atoms with Crippen molar-refractivity contribution in [1.29, 1.82) is 0 Å². The van der Waals surface area contributed by atoms with E-state index in [-0.39, 0.29) is 11.8 Å². The van der Waals surface area contributed by atoms with Gasteiger partial charge in [0.2, 0.25) is 6.23 Å². The number of piperazine rings is 1. The number of hydrogen-bond donors (Lipinski definition) is 0. The van der Waals surface area contributed by atoms with Crippen LogP contribution in [0.4, 0.5) is 0 Å². The van der Waals surface area contributed by atoms with Gasteiger partial charge in [-0.3, -0.25) is 9.59 Å². The van der Waals surface area contributed by atoms with Crippen molar-refractivity contribution in [3.05, 3.63) is 102 Å². The minimum atomic E-state index is -0.950. The molecule has 0 aliphatic carbocycles. The van der Waals surface area contributed by atoms with E-state index in [9.17, 15) is 9.59 Å². The van der Waals surface area contributed by atoms with Crippen molar-refractivity contribution >= 4 is 23.6 Å². The Balaban J connectivity index is 1.62. The van der Waals surface area contributed by atoms with Gasteiger partial charge in [0.15, 0.2) is 5.37 Å². The lowest BCUT2D eigenvalue weighted by atomic mass is 10.1. The zero-order valence-corrected chi connectivity index (χ0v) is 20.8. The highest BCUT2D eigenvalue weighted by Gasteiger charge is 2.46. The molecule has 3 aromatic rings. The summed E-state index contributed by atoms with van der Waals surface area (Å²) in [6, 6.07) is 27.2. The van der Waals surface area contributed by atoms with Crippen LogP contribution in [0.3, 0.4) is 0 Å². The third-order valence-electron chi connectivity index (χ3n) is 5.84. The van der Waals surface area contributed by atoms with Crippen LogP contribution in [-0.2, 0) is 33.2 Å². The van der Waals surface area contributed by atoms with E-state index in [4.69, 9.17) is 9.47 Å². The number of methoxy groups -OCH3 is 1. The second kappa shape index (κ2) is 11.9. The van der Waals surface area contributed by atoms with Crippen LogP contribution in [0.5, 0.6) is 5.75 Å². The normalized spacial score (nSPS) is 18.1. The van der Waals surface area contributed by atoms with Crippen molar-refractivity contribution < 1.29 is 19.1 Å². The largest absolute Gasteiger partial charge is 0.497 e. The predicted octanol–water partition coefficient (Wildman–Crippen LogP) is 4.69. The maximum atomic E-state index is 13.9. The Bertz CT molecular complexity index is 1110. The Morgan fingerprint density at radius 3 is 1.86 bits per heavy atom. The number of nitrogens with zero attached hydrogens (tertiary/aromatic N) is 2. The van der Waals surface area contributed by atoms with Crippen LogP contribution in [-0.4, -0.2) is 46.9 Å². The van der Waals surface area contributed by atoms with Crippen LogP contribution in [0.2, 0.25) is 0 Å². The van der Waals surface area contributed by atoms with Gasteiger partial charge < -0.3 is 19.3 Å². The SMILES string of the molecule is CCOC1C(=O)N(Cc2ccccc2)C(SCc2ccc(OC)cc2)C(=O)N1Cc1ccccc1. The molecular formula is C28H30N2O4S. The third kappa shape index (κ3) is 6.05. The number of carbonyl (C=O) groups is 2. The molecule has 6 nitrogen and oxygen atoms in total. The van der Waals surface area contributed by atoms with Crippen LogP contribution in [0, 0.1) is 0 Å². The van der Waals surface area contributed by atoms with Crippen molar-refractivity contribution in [2.24, 2.45) is 0 Å². The molecule has 1 heterocycles. The first-order chi connectivity index (χ1) is 17.1. The number of ether oxygens (including phenoxy) is 2. The van der Waals surface area contributed by atoms with Gasteiger partial charge in [-0.2, -0.15) is 0 Å². The van der Waals surface area contributed by atoms with Gasteiger partial charge in [0.25, 0.3) is 11.8 Å². The number of thioether (sulfide) groups is 1. The molecule has 1 fully saturated rings. The van der Waals surface area contributed by atoms with E-state index < -0.39 is 11.6 Å². The molecule has 0 N–H and O–H groups in total. The van der Waals surface area contributed by atoms with Gasteiger partial charge in [0, 0.05) is 25.4 Å². The molecule has 1 aliphatic heterocycles. The third-order valence-corrected chi connectivity index (χ3v) is 7.11. The highest BCUT2D eigenvalue weighted by molar-refractivity contribution is 7.99. The van der Waals surface area contributed by atoms with Crippen molar-refractivity contribution in [3.8, 4) is 5.75 Å². The number of amides is 2. The van der Waals surface area contributed by atoms with Gasteiger partial charge in [-0.25, -0.2) is 0 Å². The standard InChI is InChI=1S/C28H30N2O4S/c1-3-34-27-25(31)30(19-22-12-8-5-9-13-22)28(35-20-23-14-16-24(33-2)17-15-23)26(32)29(27)18-21-10-6-4-7-11-21/h4-17,27-28H,3,18-20H2,1-2H3. The molecule has 0 aromatic heterocycles. The van der Waals surface area contributed by atoms with E-state index in [1.54, 1.807) is 16.9 Å². The van der Waals surface area contributed by atoms with Crippen LogP contribution in [0.25, 0.3) is 0 Å². The van der Waals surface area contributed by atoms with Crippen molar-refractivity contribution in [1.82, 2.24) is 9.80 Å². The topological polar surface area (TPSA) is 59.1 Å². The summed E-state index contributed by atoms with van der Waals surface area (Å²) in [6.07, 6.45) is -0.950. The first-order valence-corrected chi connectivity index (χ1v) is 12.7. The molecule has 0 spiro atoms. The lowest BCUT2D eigenvalue weighted by Crippen LogP contribution is -2.63. The average molecular weight is 491 g/mol. The molecule has 4 rings (SSSR count). The van der Waals surface area contributed by atoms with Crippen molar-refractivity contribution in [2.75, 3.05) is 13.7 Å². The van der Waals surface area contributed by atoms with Crippen LogP contribution in [0.1, 0.15) is 23.6 Å². The summed E-state index contributed by atoms with van der Waals surface area (Å²) in [5.74, 6) is 1.04. The minimum absolute atomic E-state index is 0.124. The zero-order valence-electron chi connectivity index (χ0n) is 20.0. The van der Waals surface area contributed by atoms with Gasteiger partial charge in [-0.05, 0) is 35.7 Å². The Labute approximate surface area is 210 Å². The molecule has 0 bridgehead atoms. The molecule has 35 heavy (non-hydrogen) atoms. The molecule has 0 saturated carbocycles. The number of carbonyl (C=O) groups excluding carboxylic acids is 2. The van der Waals surface area contributed by atoms with E-state index in [1.807, 2.05) is 91.9 Å². The number of rotatable bonds is 10. The van der Waals surface area contributed by atoms with Crippen molar-refractivity contribution in [2.45, 2.75) is 37.4 Å². The molecule has 2 unspecified atom stereocenters. The summed E-state index contributed by atoms with van der Waals surface area (Å²) in [7, 11) is 1.63. The number of hydrogen-bond acceptors (Lipinski definition) is 5. The number of benzene rings is 3. The van der Waals surface area contributed by atoms with Gasteiger partial charge >= 0.3 is 0 Å². The Morgan fingerprint density at radius 2 is 1.31 bits per heavy atom. The van der Waals surface area contributed by atoms with E-state index in [0.717, 1.165) is 22.4 Å². The molecule has 2 atom stereocenters. The van der Waals surface area contributed by atoms with Gasteiger partial charge in [0.1, 0.15) is 5.75 Å². The van der Waals surface area contributed by atoms with E-state index in [0.29, 0.717) is 25.4 Å². The maximum absolute atomic E-state index is 13.9. The second-order valence-corrected chi connectivity index (χ2v) is 9.29. The summed E-state index contributed by atoms with van der Waals surface area (Å²) in [6.45, 7) is 2.83. The zero-order chi connectivity index (χ0) is 24.6. The van der Waals surface area contributed by atoms with Gasteiger partial charge in [0.05, 0.1) is 7.11 Å². The average Bonchev–Trinajstić information content (AvgIpc) is 2.90. The molecule has 0 radical (unpaired) electrons. The van der Waals surface area contributed by atoms with Gasteiger partial charge in [-0.15, -0.1) is 11.8 Å². The molecule has 3 aromatic carbocycles. The lowest BCUT2D eigenvalue weighted by molar-refractivity contribution is -0.180. The molecule has 7 heteroatoms. The highest BCUT2D eigenvalue weighted by atomic mass is 32.2. The maximum Gasteiger partial charge on any atom is 0.274 e. The molecule has 2 amide bonds. The summed E-state index contributed by atoms with van der Waals surface area (Å²) in [5, 5.41) is -0.662. The van der Waals surface area contributed by atoms with Crippen molar-refractivity contribution in [3.63, 3.8) is 0 Å². The second-order valence-electron chi connectivity index (χ2n) is 8.22. The van der Waals surface area contributed by atoms with Crippen LogP contribution in [0.15, 0.2) is 84.9 Å². The molecule has 1 saturated heterocycles. The molecule has 1 aliphatic rings. The molecule has 182 valence electrons. The van der Waals surface area contributed by atoms with Gasteiger partial charge in [-0.1, -0.05) is 72.8 Å². The lowest BCUT2D eigenvalue weighted by Gasteiger charge is -2.44. The monoisotopic (exact) mass is 490 g/mol. The summed E-state index contributed by atoms with van der Waals surface area (Å²) in [4.78, 5) is 30.9. The molecular weight excluding hydrogens is 460 g/mol. The fourth-order valence-electron chi connectivity index (χ4n) is 4.04. The van der Waals surface area contributed by atoms with E-state index >= 15 is 0 Å². The fraction of sp³-hybridized carbons (Fsp3) is 0.286. The fourth-order valence-corrected chi connectivity index (χ4v) is 5.22. The smallest absolute Gasteiger partial charge is 0.274 e. The summed E-state index contributed by atoms with van der Waals surface area (Å²) >= 11 is 1.46. The Kier molecular flexibility index (Phi) is 8.45. The highest BCUT2D eigenvalue weighted by Crippen LogP contribution is 2.32. The summed E-state index contributed by atoms with van der Waals surface area (Å²) < 4.78 is 11.1. The quantitative estimate of drug-likeness (QED) is 0.413. The van der Waals surface area contributed by atoms with Crippen LogP contribution < -0.4 is 4.74 Å².